The summed E-state index contributed by atoms with van der Waals surface area (Å²) in [6.45, 7) is 9.79. The predicted molar refractivity (Wildman–Crippen MR) is 85.5 cm³/mol. The van der Waals surface area contributed by atoms with Gasteiger partial charge in [-0.25, -0.2) is 0 Å². The monoisotopic (exact) mass is 299 g/mol. The Morgan fingerprint density at radius 1 is 1.29 bits per heavy atom. The maximum Gasteiger partial charge on any atom is 0.323 e. The van der Waals surface area contributed by atoms with Gasteiger partial charge in [-0.3, -0.25) is 4.79 Å². The van der Waals surface area contributed by atoms with Crippen molar-refractivity contribution in [2.24, 2.45) is 11.8 Å². The highest BCUT2D eigenvalue weighted by Crippen LogP contribution is 2.31. The fourth-order valence-electron chi connectivity index (χ4n) is 3.14. The fourth-order valence-corrected chi connectivity index (χ4v) is 3.14. The Morgan fingerprint density at radius 2 is 2.00 bits per heavy atom. The van der Waals surface area contributed by atoms with Crippen LogP contribution < -0.4 is 5.32 Å². The van der Waals surface area contributed by atoms with Gasteiger partial charge in [0.2, 0.25) is 0 Å². The Hall–Kier alpha value is -0.610. The standard InChI is InChI=1S/C17H33NO3/c1-5-18-17(4,16(19)20)10-6-7-11-21-15-9-8-13(2)14(3)12-15/h13-15,18H,5-12H2,1-4H3,(H,19,20). The van der Waals surface area contributed by atoms with Gasteiger partial charge in [-0.15, -0.1) is 0 Å². The number of hydrogen-bond acceptors (Lipinski definition) is 3. The summed E-state index contributed by atoms with van der Waals surface area (Å²) in [7, 11) is 0. The Kier molecular flexibility index (Phi) is 7.67. The highest BCUT2D eigenvalue weighted by atomic mass is 16.5. The molecule has 21 heavy (non-hydrogen) atoms. The normalized spacial score (nSPS) is 29.0. The highest BCUT2D eigenvalue weighted by molar-refractivity contribution is 5.78. The van der Waals surface area contributed by atoms with E-state index in [0.29, 0.717) is 19.1 Å². The molecule has 124 valence electrons. The van der Waals surface area contributed by atoms with E-state index in [1.807, 2.05) is 6.92 Å². The Morgan fingerprint density at radius 3 is 2.57 bits per heavy atom. The first-order valence-corrected chi connectivity index (χ1v) is 8.49. The molecule has 0 spiro atoms. The molecule has 2 N–H and O–H groups in total. The molecule has 1 aliphatic carbocycles. The molecule has 0 heterocycles. The van der Waals surface area contributed by atoms with Crippen molar-refractivity contribution in [3.05, 3.63) is 0 Å². The van der Waals surface area contributed by atoms with Gasteiger partial charge in [0.1, 0.15) is 5.54 Å². The van der Waals surface area contributed by atoms with E-state index in [1.165, 1.54) is 19.3 Å². The van der Waals surface area contributed by atoms with E-state index >= 15 is 0 Å². The molecule has 1 saturated carbocycles. The molecule has 1 fully saturated rings. The zero-order valence-corrected chi connectivity index (χ0v) is 14.2. The Bertz CT molecular complexity index is 321. The summed E-state index contributed by atoms with van der Waals surface area (Å²) in [6, 6.07) is 0. The summed E-state index contributed by atoms with van der Waals surface area (Å²) in [5, 5.41) is 12.4. The van der Waals surface area contributed by atoms with Gasteiger partial charge in [0, 0.05) is 6.61 Å². The van der Waals surface area contributed by atoms with Crippen LogP contribution in [-0.4, -0.2) is 35.9 Å². The van der Waals surface area contributed by atoms with Crippen molar-refractivity contribution < 1.29 is 14.6 Å². The topological polar surface area (TPSA) is 58.6 Å². The molecule has 0 saturated heterocycles. The number of carboxylic acid groups (broad SMARTS) is 1. The lowest BCUT2D eigenvalue weighted by Crippen LogP contribution is -2.49. The zero-order valence-electron chi connectivity index (χ0n) is 14.2. The minimum Gasteiger partial charge on any atom is -0.480 e. The van der Waals surface area contributed by atoms with Crippen molar-refractivity contribution in [2.45, 2.75) is 77.9 Å². The molecule has 0 aliphatic heterocycles. The van der Waals surface area contributed by atoms with Crippen LogP contribution in [0.4, 0.5) is 0 Å². The summed E-state index contributed by atoms with van der Waals surface area (Å²) in [5.74, 6) is 0.814. The second kappa shape index (κ2) is 8.74. The molecule has 4 nitrogen and oxygen atoms in total. The number of carbonyl (C=O) groups is 1. The van der Waals surface area contributed by atoms with E-state index < -0.39 is 11.5 Å². The van der Waals surface area contributed by atoms with Crippen molar-refractivity contribution in [3.63, 3.8) is 0 Å². The lowest BCUT2D eigenvalue weighted by atomic mass is 9.80. The van der Waals surface area contributed by atoms with E-state index in [2.05, 4.69) is 19.2 Å². The van der Waals surface area contributed by atoms with Gasteiger partial charge in [0.25, 0.3) is 0 Å². The average molecular weight is 299 g/mol. The van der Waals surface area contributed by atoms with Crippen LogP contribution in [0.5, 0.6) is 0 Å². The number of rotatable bonds is 9. The first kappa shape index (κ1) is 18.4. The van der Waals surface area contributed by atoms with Gasteiger partial charge in [0.05, 0.1) is 6.10 Å². The van der Waals surface area contributed by atoms with Crippen LogP contribution in [0.1, 0.15) is 66.2 Å². The first-order chi connectivity index (χ1) is 9.89. The zero-order chi connectivity index (χ0) is 15.9. The molecule has 4 heteroatoms. The molecule has 4 atom stereocenters. The summed E-state index contributed by atoms with van der Waals surface area (Å²) < 4.78 is 5.97. The van der Waals surface area contributed by atoms with Gasteiger partial charge in [-0.2, -0.15) is 0 Å². The number of aliphatic carboxylic acids is 1. The van der Waals surface area contributed by atoms with Gasteiger partial charge in [-0.05, 0) is 63.8 Å². The smallest absolute Gasteiger partial charge is 0.323 e. The molecule has 0 bridgehead atoms. The van der Waals surface area contributed by atoms with Crippen molar-refractivity contribution in [3.8, 4) is 0 Å². The second-order valence-corrected chi connectivity index (χ2v) is 6.89. The lowest BCUT2D eigenvalue weighted by Gasteiger charge is -2.32. The van der Waals surface area contributed by atoms with Crippen molar-refractivity contribution >= 4 is 5.97 Å². The number of likely N-dealkylation sites (N-methyl/N-ethyl adjacent to an activating group) is 1. The molecule has 0 radical (unpaired) electrons. The predicted octanol–water partition coefficient (Wildman–Crippen LogP) is 3.45. The highest BCUT2D eigenvalue weighted by Gasteiger charge is 2.31. The van der Waals surface area contributed by atoms with Crippen LogP contribution in [0.25, 0.3) is 0 Å². The Balaban J connectivity index is 2.18. The lowest BCUT2D eigenvalue weighted by molar-refractivity contribution is -0.144. The number of carboxylic acids is 1. The van der Waals surface area contributed by atoms with Crippen molar-refractivity contribution in [1.29, 1.82) is 0 Å². The second-order valence-electron chi connectivity index (χ2n) is 6.89. The van der Waals surface area contributed by atoms with Crippen LogP contribution in [0.2, 0.25) is 0 Å². The molecule has 1 rings (SSSR count). The van der Waals surface area contributed by atoms with E-state index in [4.69, 9.17) is 4.74 Å². The quantitative estimate of drug-likeness (QED) is 0.640. The average Bonchev–Trinajstić information content (AvgIpc) is 2.42. The third-order valence-corrected chi connectivity index (χ3v) is 5.01. The third kappa shape index (κ3) is 5.95. The molecular formula is C17H33NO3. The van der Waals surface area contributed by atoms with Crippen LogP contribution in [0.3, 0.4) is 0 Å². The van der Waals surface area contributed by atoms with E-state index in [9.17, 15) is 9.90 Å². The molecule has 1 aliphatic rings. The number of ether oxygens (including phenoxy) is 1. The van der Waals surface area contributed by atoms with Crippen LogP contribution in [-0.2, 0) is 9.53 Å². The van der Waals surface area contributed by atoms with Crippen molar-refractivity contribution in [1.82, 2.24) is 5.32 Å². The summed E-state index contributed by atoms with van der Waals surface area (Å²) >= 11 is 0. The maximum absolute atomic E-state index is 11.3. The minimum atomic E-state index is -0.802. The number of unbranched alkanes of at least 4 members (excludes halogenated alkanes) is 1. The minimum absolute atomic E-state index is 0.413. The molecule has 0 aromatic carbocycles. The largest absolute Gasteiger partial charge is 0.480 e. The molecular weight excluding hydrogens is 266 g/mol. The maximum atomic E-state index is 11.3. The molecule has 0 amide bonds. The fraction of sp³-hybridized carbons (Fsp3) is 0.941. The number of hydrogen-bond donors (Lipinski definition) is 2. The van der Waals surface area contributed by atoms with E-state index in [0.717, 1.165) is 31.3 Å². The summed E-state index contributed by atoms with van der Waals surface area (Å²) in [4.78, 5) is 11.3. The van der Waals surface area contributed by atoms with E-state index in [-0.39, 0.29) is 0 Å². The van der Waals surface area contributed by atoms with Crippen molar-refractivity contribution in [2.75, 3.05) is 13.2 Å². The van der Waals surface area contributed by atoms with E-state index in [1.54, 1.807) is 6.92 Å². The van der Waals surface area contributed by atoms with Crippen LogP contribution in [0, 0.1) is 11.8 Å². The van der Waals surface area contributed by atoms with Gasteiger partial charge in [-0.1, -0.05) is 20.8 Å². The molecule has 0 aromatic heterocycles. The van der Waals surface area contributed by atoms with Gasteiger partial charge < -0.3 is 15.2 Å². The van der Waals surface area contributed by atoms with Crippen LogP contribution in [0.15, 0.2) is 0 Å². The molecule has 0 aromatic rings. The third-order valence-electron chi connectivity index (χ3n) is 5.01. The molecule has 4 unspecified atom stereocenters. The summed E-state index contributed by atoms with van der Waals surface area (Å²) in [6.07, 6.45) is 6.50. The van der Waals surface area contributed by atoms with Crippen LogP contribution >= 0.6 is 0 Å². The Labute approximate surface area is 129 Å². The first-order valence-electron chi connectivity index (χ1n) is 8.49. The SMILES string of the molecule is CCNC(C)(CCCCOC1CCC(C)C(C)C1)C(=O)O. The number of nitrogens with one attached hydrogen (secondary N) is 1. The van der Waals surface area contributed by atoms with Gasteiger partial charge >= 0.3 is 5.97 Å². The summed E-state index contributed by atoms with van der Waals surface area (Å²) in [5.41, 5.74) is -0.802. The van der Waals surface area contributed by atoms with Gasteiger partial charge in [0.15, 0.2) is 0 Å².